The van der Waals surface area contributed by atoms with Crippen molar-refractivity contribution in [3.8, 4) is 0 Å². The van der Waals surface area contributed by atoms with Crippen LogP contribution in [-0.2, 0) is 17.6 Å². The van der Waals surface area contributed by atoms with E-state index in [9.17, 15) is 19.7 Å². The van der Waals surface area contributed by atoms with E-state index >= 15 is 0 Å². The van der Waals surface area contributed by atoms with Crippen LogP contribution >= 0.6 is 22.7 Å². The molecule has 136 valence electrons. The van der Waals surface area contributed by atoms with E-state index in [0.717, 1.165) is 41.0 Å². The van der Waals surface area contributed by atoms with Crippen LogP contribution in [0.5, 0.6) is 0 Å². The van der Waals surface area contributed by atoms with Crippen molar-refractivity contribution in [3.63, 3.8) is 0 Å². The lowest BCUT2D eigenvalue weighted by Crippen LogP contribution is -2.18. The molecule has 0 bridgehead atoms. The summed E-state index contributed by atoms with van der Waals surface area (Å²) in [5.74, 6) is -0.402. The van der Waals surface area contributed by atoms with Gasteiger partial charge in [-0.3, -0.25) is 19.7 Å². The molecule has 2 amide bonds. The lowest BCUT2D eigenvalue weighted by molar-refractivity contribution is -0.380. The minimum atomic E-state index is -0.537. The van der Waals surface area contributed by atoms with Gasteiger partial charge in [0.1, 0.15) is 5.00 Å². The standard InChI is InChI=1S/C17H17N3O4S2/c1-9-2-5-11-12(8-9)26-17(15(11)16(18)22)19-13(21)6-3-10-4-7-14(25-10)20(23)24/h3-4,6-7,9H,2,5,8H2,1H3,(H2,18,22)(H,19,21)/b6-3+. The number of hydrogen-bond acceptors (Lipinski definition) is 6. The molecule has 2 aromatic heterocycles. The molecular formula is C17H17N3O4S2. The molecule has 3 rings (SSSR count). The first-order valence-corrected chi connectivity index (χ1v) is 9.66. The third-order valence-corrected chi connectivity index (χ3v) is 6.36. The van der Waals surface area contributed by atoms with Gasteiger partial charge in [0.15, 0.2) is 0 Å². The van der Waals surface area contributed by atoms with Gasteiger partial charge in [-0.05, 0) is 42.9 Å². The Bertz CT molecular complexity index is 913. The van der Waals surface area contributed by atoms with Gasteiger partial charge in [-0.1, -0.05) is 18.3 Å². The smallest absolute Gasteiger partial charge is 0.324 e. The summed E-state index contributed by atoms with van der Waals surface area (Å²) >= 11 is 2.38. The highest BCUT2D eigenvalue weighted by atomic mass is 32.1. The first kappa shape index (κ1) is 18.3. The van der Waals surface area contributed by atoms with E-state index in [1.165, 1.54) is 29.6 Å². The van der Waals surface area contributed by atoms with Crippen molar-refractivity contribution in [3.05, 3.63) is 49.2 Å². The van der Waals surface area contributed by atoms with Gasteiger partial charge >= 0.3 is 5.00 Å². The van der Waals surface area contributed by atoms with Crippen LogP contribution in [0.25, 0.3) is 6.08 Å². The molecule has 1 atom stereocenters. The summed E-state index contributed by atoms with van der Waals surface area (Å²) in [4.78, 5) is 36.0. The number of nitrogens with zero attached hydrogens (tertiary/aromatic N) is 1. The maximum atomic E-state index is 12.2. The summed E-state index contributed by atoms with van der Waals surface area (Å²) in [7, 11) is 0. The summed E-state index contributed by atoms with van der Waals surface area (Å²) in [6, 6.07) is 2.97. The van der Waals surface area contributed by atoms with Gasteiger partial charge in [0.05, 0.1) is 10.5 Å². The number of carbonyl (C=O) groups excluding carboxylic acids is 2. The van der Waals surface area contributed by atoms with Crippen molar-refractivity contribution >= 4 is 50.6 Å². The van der Waals surface area contributed by atoms with Crippen LogP contribution in [0, 0.1) is 16.0 Å². The Morgan fingerprint density at radius 2 is 2.15 bits per heavy atom. The van der Waals surface area contributed by atoms with E-state index in [1.807, 2.05) is 0 Å². The summed E-state index contributed by atoms with van der Waals surface area (Å²) in [5.41, 5.74) is 6.89. The molecule has 1 aliphatic carbocycles. The van der Waals surface area contributed by atoms with Crippen LogP contribution < -0.4 is 11.1 Å². The predicted octanol–water partition coefficient (Wildman–Crippen LogP) is 3.59. The Hall–Kier alpha value is -2.52. The Balaban J connectivity index is 1.77. The monoisotopic (exact) mass is 391 g/mol. The number of nitrogens with two attached hydrogens (primary N) is 1. The highest BCUT2D eigenvalue weighted by molar-refractivity contribution is 7.17. The highest BCUT2D eigenvalue weighted by Crippen LogP contribution is 2.39. The van der Waals surface area contributed by atoms with Gasteiger partial charge in [-0.15, -0.1) is 11.3 Å². The maximum absolute atomic E-state index is 12.2. The minimum absolute atomic E-state index is 0.0149. The number of nitro groups is 1. The first-order chi connectivity index (χ1) is 12.3. The molecule has 26 heavy (non-hydrogen) atoms. The van der Waals surface area contributed by atoms with Gasteiger partial charge in [0.2, 0.25) is 5.91 Å². The van der Waals surface area contributed by atoms with Crippen molar-refractivity contribution in [1.82, 2.24) is 0 Å². The molecule has 0 aromatic carbocycles. The fraction of sp³-hybridized carbons (Fsp3) is 0.294. The molecule has 0 radical (unpaired) electrons. The van der Waals surface area contributed by atoms with Crippen LogP contribution in [0.1, 0.15) is 39.0 Å². The molecule has 1 unspecified atom stereocenters. The van der Waals surface area contributed by atoms with Crippen molar-refractivity contribution < 1.29 is 14.5 Å². The third-order valence-electron chi connectivity index (χ3n) is 4.19. The van der Waals surface area contributed by atoms with Crippen molar-refractivity contribution in [2.45, 2.75) is 26.2 Å². The summed E-state index contributed by atoms with van der Waals surface area (Å²) in [5, 5.41) is 13.9. The van der Waals surface area contributed by atoms with Gasteiger partial charge < -0.3 is 11.1 Å². The number of hydrogen-bond donors (Lipinski definition) is 2. The highest BCUT2D eigenvalue weighted by Gasteiger charge is 2.26. The van der Waals surface area contributed by atoms with E-state index < -0.39 is 16.7 Å². The molecule has 2 heterocycles. The number of amides is 2. The van der Waals surface area contributed by atoms with Gasteiger partial charge in [0.25, 0.3) is 5.91 Å². The molecule has 0 fully saturated rings. The van der Waals surface area contributed by atoms with Gasteiger partial charge in [0, 0.05) is 21.9 Å². The topological polar surface area (TPSA) is 115 Å². The van der Waals surface area contributed by atoms with E-state index in [1.54, 1.807) is 6.07 Å². The van der Waals surface area contributed by atoms with Crippen LogP contribution in [-0.4, -0.2) is 16.7 Å². The molecular weight excluding hydrogens is 374 g/mol. The second-order valence-corrected chi connectivity index (χ2v) is 8.37. The summed E-state index contributed by atoms with van der Waals surface area (Å²) < 4.78 is 0. The average molecular weight is 391 g/mol. The number of fused-ring (bicyclic) bond motifs is 1. The Kier molecular flexibility index (Phi) is 5.19. The van der Waals surface area contributed by atoms with Crippen LogP contribution in [0.15, 0.2) is 18.2 Å². The van der Waals surface area contributed by atoms with Crippen LogP contribution in [0.4, 0.5) is 10.0 Å². The fourth-order valence-electron chi connectivity index (χ4n) is 2.94. The average Bonchev–Trinajstić information content (AvgIpc) is 3.16. The molecule has 3 N–H and O–H groups in total. The number of rotatable bonds is 5. The summed E-state index contributed by atoms with van der Waals surface area (Å²) in [6.45, 7) is 2.16. The van der Waals surface area contributed by atoms with E-state index in [0.29, 0.717) is 21.4 Å². The Labute approximate surface area is 157 Å². The molecule has 9 heteroatoms. The van der Waals surface area contributed by atoms with Gasteiger partial charge in [-0.25, -0.2) is 0 Å². The molecule has 2 aromatic rings. The SMILES string of the molecule is CC1CCc2c(sc(NC(=O)/C=C/c3ccc([N+](=O)[O-])s3)c2C(N)=O)C1. The summed E-state index contributed by atoms with van der Waals surface area (Å²) in [6.07, 6.45) is 5.46. The number of nitrogens with one attached hydrogen (secondary N) is 1. The first-order valence-electron chi connectivity index (χ1n) is 8.02. The molecule has 0 saturated carbocycles. The fourth-order valence-corrected chi connectivity index (χ4v) is 5.08. The normalized spacial score (nSPS) is 16.4. The third kappa shape index (κ3) is 3.83. The molecule has 7 nitrogen and oxygen atoms in total. The lowest BCUT2D eigenvalue weighted by atomic mass is 9.88. The molecule has 1 aliphatic rings. The quantitative estimate of drug-likeness (QED) is 0.460. The zero-order valence-corrected chi connectivity index (χ0v) is 15.6. The Morgan fingerprint density at radius 1 is 1.38 bits per heavy atom. The van der Waals surface area contributed by atoms with Crippen molar-refractivity contribution in [2.24, 2.45) is 11.7 Å². The maximum Gasteiger partial charge on any atom is 0.324 e. The van der Waals surface area contributed by atoms with E-state index in [2.05, 4.69) is 12.2 Å². The minimum Gasteiger partial charge on any atom is -0.365 e. The lowest BCUT2D eigenvalue weighted by Gasteiger charge is -2.18. The van der Waals surface area contributed by atoms with Crippen LogP contribution in [0.3, 0.4) is 0 Å². The largest absolute Gasteiger partial charge is 0.365 e. The molecule has 0 spiro atoms. The van der Waals surface area contributed by atoms with Gasteiger partial charge in [-0.2, -0.15) is 0 Å². The number of carbonyl (C=O) groups is 2. The van der Waals surface area contributed by atoms with Crippen molar-refractivity contribution in [1.29, 1.82) is 0 Å². The van der Waals surface area contributed by atoms with Crippen molar-refractivity contribution in [2.75, 3.05) is 5.32 Å². The number of anilines is 1. The second-order valence-electron chi connectivity index (χ2n) is 6.18. The number of thiophene rings is 2. The van der Waals surface area contributed by atoms with E-state index in [-0.39, 0.29) is 5.00 Å². The molecule has 0 aliphatic heterocycles. The van der Waals surface area contributed by atoms with E-state index in [4.69, 9.17) is 5.73 Å². The second kappa shape index (κ2) is 7.38. The predicted molar refractivity (Wildman–Crippen MR) is 103 cm³/mol. The van der Waals surface area contributed by atoms with Crippen LogP contribution in [0.2, 0.25) is 0 Å². The number of primary amides is 1. The zero-order chi connectivity index (χ0) is 18.8. The zero-order valence-electron chi connectivity index (χ0n) is 14.0. The molecule has 0 saturated heterocycles. The Morgan fingerprint density at radius 3 is 2.81 bits per heavy atom.